The van der Waals surface area contributed by atoms with E-state index in [4.69, 9.17) is 9.47 Å². The number of esters is 1. The summed E-state index contributed by atoms with van der Waals surface area (Å²) in [7, 11) is 0. The lowest BCUT2D eigenvalue weighted by Gasteiger charge is -2.11. The molecule has 0 fully saturated rings. The second-order valence-corrected chi connectivity index (χ2v) is 6.47. The number of ketones is 1. The van der Waals surface area contributed by atoms with Crippen LogP contribution in [0.2, 0.25) is 0 Å². The minimum absolute atomic E-state index is 0.223. The molecule has 5 heteroatoms. The topological polar surface area (TPSA) is 72.8 Å². The molecule has 1 aliphatic heterocycles. The molecule has 0 aliphatic carbocycles. The van der Waals surface area contributed by atoms with Gasteiger partial charge in [0.15, 0.2) is 18.5 Å². The summed E-state index contributed by atoms with van der Waals surface area (Å²) in [4.78, 5) is 24.3. The average molecular weight is 340 g/mol. The van der Waals surface area contributed by atoms with Gasteiger partial charge in [-0.2, -0.15) is 0 Å². The first-order valence-corrected chi connectivity index (χ1v) is 8.25. The number of fused-ring (bicyclic) bond motifs is 1. The lowest BCUT2D eigenvalue weighted by Crippen LogP contribution is -2.18. The summed E-state index contributed by atoms with van der Waals surface area (Å²) in [5, 5.41) is 12.0. The lowest BCUT2D eigenvalue weighted by molar-refractivity contribution is -0.141. The van der Waals surface area contributed by atoms with Gasteiger partial charge in [0, 0.05) is 5.39 Å². The number of carbonyl (C=O) groups is 2. The van der Waals surface area contributed by atoms with Gasteiger partial charge in [0.2, 0.25) is 5.78 Å². The van der Waals surface area contributed by atoms with Gasteiger partial charge in [0.25, 0.3) is 0 Å². The zero-order chi connectivity index (χ0) is 18.0. The largest absolute Gasteiger partial charge is 0.507 e. The molecule has 0 bridgehead atoms. The van der Waals surface area contributed by atoms with E-state index in [0.29, 0.717) is 12.2 Å². The lowest BCUT2D eigenvalue weighted by atomic mass is 10.0. The molecule has 0 aromatic heterocycles. The molecule has 1 heterocycles. The zero-order valence-corrected chi connectivity index (χ0v) is 14.2. The van der Waals surface area contributed by atoms with Crippen molar-refractivity contribution in [2.45, 2.75) is 26.4 Å². The first kappa shape index (κ1) is 17.0. The third-order valence-electron chi connectivity index (χ3n) is 4.09. The number of Topliss-reactive ketones (excluding diaryl/α,β-unsaturated/α-hetero) is 1. The van der Waals surface area contributed by atoms with E-state index < -0.39 is 17.9 Å². The predicted octanol–water partition coefficient (Wildman–Crippen LogP) is 3.57. The molecule has 1 atom stereocenters. The fourth-order valence-electron chi connectivity index (χ4n) is 2.89. The summed E-state index contributed by atoms with van der Waals surface area (Å²) in [6.07, 6.45) is -0.276. The Kier molecular flexibility index (Phi) is 4.74. The Bertz CT molecular complexity index is 845. The number of cyclic esters (lactones) is 1. The normalized spacial score (nSPS) is 17.2. The summed E-state index contributed by atoms with van der Waals surface area (Å²) >= 11 is 0. The van der Waals surface area contributed by atoms with Gasteiger partial charge in [-0.05, 0) is 23.8 Å². The van der Waals surface area contributed by atoms with Gasteiger partial charge in [0.05, 0.1) is 0 Å². The average Bonchev–Trinajstić information content (AvgIpc) is 2.85. The van der Waals surface area contributed by atoms with Crippen molar-refractivity contribution in [1.29, 1.82) is 0 Å². The van der Waals surface area contributed by atoms with Crippen LogP contribution in [0.3, 0.4) is 0 Å². The molecular weight excluding hydrogens is 320 g/mol. The van der Waals surface area contributed by atoms with Crippen LogP contribution in [-0.2, 0) is 14.3 Å². The van der Waals surface area contributed by atoms with Crippen molar-refractivity contribution in [3.63, 3.8) is 0 Å². The zero-order valence-electron chi connectivity index (χ0n) is 14.2. The SMILES string of the molecule is CC(C)CC1OC(=O)C(C(=O)COc2cccc3ccccc23)=C1O. The van der Waals surface area contributed by atoms with Gasteiger partial charge >= 0.3 is 5.97 Å². The number of ether oxygens (including phenoxy) is 2. The molecule has 25 heavy (non-hydrogen) atoms. The molecule has 2 aromatic rings. The maximum atomic E-state index is 12.4. The van der Waals surface area contributed by atoms with E-state index in [9.17, 15) is 14.7 Å². The molecule has 5 nitrogen and oxygen atoms in total. The van der Waals surface area contributed by atoms with E-state index in [1.54, 1.807) is 6.07 Å². The van der Waals surface area contributed by atoms with Crippen molar-refractivity contribution < 1.29 is 24.2 Å². The molecule has 0 spiro atoms. The number of benzene rings is 2. The first-order chi connectivity index (χ1) is 12.0. The smallest absolute Gasteiger partial charge is 0.346 e. The van der Waals surface area contributed by atoms with Crippen molar-refractivity contribution in [1.82, 2.24) is 0 Å². The van der Waals surface area contributed by atoms with Gasteiger partial charge in [0.1, 0.15) is 11.3 Å². The summed E-state index contributed by atoms with van der Waals surface area (Å²) in [6.45, 7) is 3.56. The van der Waals surface area contributed by atoms with Crippen LogP contribution in [0.25, 0.3) is 10.8 Å². The Morgan fingerprint density at radius 1 is 1.20 bits per heavy atom. The van der Waals surface area contributed by atoms with Crippen LogP contribution >= 0.6 is 0 Å². The van der Waals surface area contributed by atoms with Crippen molar-refractivity contribution in [2.24, 2.45) is 5.92 Å². The summed E-state index contributed by atoms with van der Waals surface area (Å²) in [6, 6.07) is 13.2. The molecule has 130 valence electrons. The Hall–Kier alpha value is -2.82. The number of aliphatic hydroxyl groups is 1. The molecule has 1 N–H and O–H groups in total. The highest BCUT2D eigenvalue weighted by molar-refractivity contribution is 6.19. The van der Waals surface area contributed by atoms with Crippen LogP contribution in [0.4, 0.5) is 0 Å². The van der Waals surface area contributed by atoms with E-state index >= 15 is 0 Å². The fraction of sp³-hybridized carbons (Fsp3) is 0.300. The van der Waals surface area contributed by atoms with Gasteiger partial charge < -0.3 is 14.6 Å². The Morgan fingerprint density at radius 2 is 1.92 bits per heavy atom. The second-order valence-electron chi connectivity index (χ2n) is 6.47. The maximum Gasteiger partial charge on any atom is 0.346 e. The van der Waals surface area contributed by atoms with E-state index in [0.717, 1.165) is 10.8 Å². The highest BCUT2D eigenvalue weighted by Gasteiger charge is 2.38. The molecule has 0 saturated carbocycles. The maximum absolute atomic E-state index is 12.4. The van der Waals surface area contributed by atoms with Gasteiger partial charge in [-0.1, -0.05) is 50.2 Å². The summed E-state index contributed by atoms with van der Waals surface area (Å²) < 4.78 is 10.7. The second kappa shape index (κ2) is 6.97. The molecular formula is C20H20O5. The van der Waals surface area contributed by atoms with E-state index in [-0.39, 0.29) is 23.9 Å². The Balaban J connectivity index is 1.76. The van der Waals surface area contributed by atoms with E-state index in [1.165, 1.54) is 0 Å². The monoisotopic (exact) mass is 340 g/mol. The van der Waals surface area contributed by atoms with Crippen LogP contribution in [0, 0.1) is 5.92 Å². The number of carbonyl (C=O) groups excluding carboxylic acids is 2. The quantitative estimate of drug-likeness (QED) is 0.643. The number of rotatable bonds is 6. The number of aliphatic hydroxyl groups excluding tert-OH is 1. The van der Waals surface area contributed by atoms with Crippen LogP contribution in [0.15, 0.2) is 53.8 Å². The first-order valence-electron chi connectivity index (χ1n) is 8.25. The minimum Gasteiger partial charge on any atom is -0.507 e. The standard InChI is InChI=1S/C20H20O5/c1-12(2)10-17-19(22)18(20(23)25-17)15(21)11-24-16-9-5-7-13-6-3-4-8-14(13)16/h3-9,12,17,22H,10-11H2,1-2H3. The third kappa shape index (κ3) is 3.50. The molecule has 0 saturated heterocycles. The van der Waals surface area contributed by atoms with Crippen molar-refractivity contribution in [2.75, 3.05) is 6.61 Å². The van der Waals surface area contributed by atoms with Crippen LogP contribution < -0.4 is 4.74 Å². The molecule has 0 amide bonds. The number of hydrogen-bond donors (Lipinski definition) is 1. The Morgan fingerprint density at radius 3 is 2.68 bits per heavy atom. The van der Waals surface area contributed by atoms with Crippen molar-refractivity contribution in [3.05, 3.63) is 53.8 Å². The van der Waals surface area contributed by atoms with Gasteiger partial charge in [-0.3, -0.25) is 4.79 Å². The highest BCUT2D eigenvalue weighted by Crippen LogP contribution is 2.28. The molecule has 0 radical (unpaired) electrons. The Labute approximate surface area is 145 Å². The molecule has 2 aromatic carbocycles. The summed E-state index contributed by atoms with van der Waals surface area (Å²) in [5.74, 6) is -0.875. The minimum atomic E-state index is -0.783. The summed E-state index contributed by atoms with van der Waals surface area (Å²) in [5.41, 5.74) is -0.300. The molecule has 1 aliphatic rings. The predicted molar refractivity (Wildman–Crippen MR) is 93.4 cm³/mol. The van der Waals surface area contributed by atoms with Crippen molar-refractivity contribution in [3.8, 4) is 5.75 Å². The van der Waals surface area contributed by atoms with Crippen molar-refractivity contribution >= 4 is 22.5 Å². The van der Waals surface area contributed by atoms with Crippen LogP contribution in [0.1, 0.15) is 20.3 Å². The van der Waals surface area contributed by atoms with E-state index in [2.05, 4.69) is 0 Å². The van der Waals surface area contributed by atoms with Gasteiger partial charge in [-0.25, -0.2) is 4.79 Å². The van der Waals surface area contributed by atoms with E-state index in [1.807, 2.05) is 50.2 Å². The molecule has 1 unspecified atom stereocenters. The number of hydrogen-bond acceptors (Lipinski definition) is 5. The third-order valence-corrected chi connectivity index (χ3v) is 4.09. The van der Waals surface area contributed by atoms with Gasteiger partial charge in [-0.15, -0.1) is 0 Å². The van der Waals surface area contributed by atoms with Crippen LogP contribution in [0.5, 0.6) is 5.75 Å². The highest BCUT2D eigenvalue weighted by atomic mass is 16.6. The fourth-order valence-corrected chi connectivity index (χ4v) is 2.89. The molecule has 3 rings (SSSR count). The van der Waals surface area contributed by atoms with Crippen LogP contribution in [-0.4, -0.2) is 29.6 Å².